The minimum Gasteiger partial charge on any atom is -0.447 e. The van der Waals surface area contributed by atoms with Crippen LogP contribution in [0.3, 0.4) is 0 Å². The molecule has 0 aromatic carbocycles. The number of nitrogens with one attached hydrogen (secondary N) is 2. The van der Waals surface area contributed by atoms with Gasteiger partial charge in [0.05, 0.1) is 26.3 Å². The molecule has 1 unspecified atom stereocenters. The summed E-state index contributed by atoms with van der Waals surface area (Å²) in [4.78, 5) is 53.2. The highest BCUT2D eigenvalue weighted by Crippen LogP contribution is 2.09. The van der Waals surface area contributed by atoms with Crippen molar-refractivity contribution in [2.24, 2.45) is 29.1 Å². The molecule has 0 aromatic rings. The van der Waals surface area contributed by atoms with Crippen molar-refractivity contribution >= 4 is 30.2 Å². The lowest BCUT2D eigenvalue weighted by atomic mass is 10.3. The Morgan fingerprint density at radius 2 is 1.59 bits per heavy atom. The number of morpholine rings is 1. The van der Waals surface area contributed by atoms with Gasteiger partial charge < -0.3 is 19.9 Å². The average Bonchev–Trinajstić information content (AvgIpc) is 3.42. The summed E-state index contributed by atoms with van der Waals surface area (Å²) >= 11 is 0. The van der Waals surface area contributed by atoms with E-state index in [9.17, 15) is 24.0 Å². The van der Waals surface area contributed by atoms with Crippen LogP contribution in [0.4, 0.5) is 19.2 Å². The molecule has 34 heavy (non-hydrogen) atoms. The maximum Gasteiger partial charge on any atom is 0.424 e. The molecule has 4 aliphatic heterocycles. The third-order valence-electron chi connectivity index (χ3n) is 4.22. The van der Waals surface area contributed by atoms with Gasteiger partial charge in [0, 0.05) is 19.6 Å². The van der Waals surface area contributed by atoms with Gasteiger partial charge >= 0.3 is 24.2 Å². The number of carbonyl (C=O) groups is 5. The molecule has 0 aromatic heterocycles. The summed E-state index contributed by atoms with van der Waals surface area (Å²) in [7, 11) is 0. The molecule has 4 saturated heterocycles. The molecular weight excluding hydrogens is 462 g/mol. The summed E-state index contributed by atoms with van der Waals surface area (Å²) in [5, 5.41) is 4.97. The first-order valence-corrected chi connectivity index (χ1v) is 9.87. The van der Waals surface area contributed by atoms with Crippen LogP contribution in [0.2, 0.25) is 0 Å². The normalized spacial score (nSPS) is 21.8. The van der Waals surface area contributed by atoms with E-state index >= 15 is 0 Å². The molecule has 0 bridgehead atoms. The zero-order valence-electron chi connectivity index (χ0n) is 18.4. The molecule has 4 aliphatic rings. The Bertz CT molecular complexity index is 720. The van der Waals surface area contributed by atoms with Crippen LogP contribution in [0.15, 0.2) is 0 Å². The minimum absolute atomic E-state index is 0.0289. The van der Waals surface area contributed by atoms with Crippen molar-refractivity contribution in [3.63, 3.8) is 0 Å². The van der Waals surface area contributed by atoms with E-state index in [0.717, 1.165) is 47.9 Å². The van der Waals surface area contributed by atoms with Crippen LogP contribution in [-0.4, -0.2) is 115 Å². The largest absolute Gasteiger partial charge is 0.447 e. The third-order valence-corrected chi connectivity index (χ3v) is 4.22. The Balaban J connectivity index is 0.000000247. The Kier molecular flexibility index (Phi) is 12.3. The second kappa shape index (κ2) is 14.6. The van der Waals surface area contributed by atoms with Gasteiger partial charge in [-0.3, -0.25) is 25.4 Å². The standard InChI is InChI=1S/C8H15N3O3.C3H5N3O2.C3H6N2O2.CH5N3O/c9-11-6-7(14-8(11)12)5-10-1-3-13-4-2-10;4-6-1-2(7)5-3(6)8;4-5-1-2-7-3(5)6;2-1(5)4-3/h7H,1-6,9H2;1,4H2,(H,5,7,8);1-2,4H2;3H2,(H3,2,4,5). The monoisotopic (exact) mass is 493 g/mol. The average molecular weight is 493 g/mol. The summed E-state index contributed by atoms with van der Waals surface area (Å²) in [6, 6.07) is -1.25. The van der Waals surface area contributed by atoms with E-state index in [4.69, 9.17) is 27.0 Å². The summed E-state index contributed by atoms with van der Waals surface area (Å²) in [6.45, 7) is 5.46. The quantitative estimate of drug-likeness (QED) is 0.0824. The summed E-state index contributed by atoms with van der Waals surface area (Å²) < 4.78 is 14.7. The fourth-order valence-electron chi connectivity index (χ4n) is 2.57. The Hall–Kier alpha value is -3.49. The van der Waals surface area contributed by atoms with Crippen molar-refractivity contribution < 1.29 is 38.2 Å². The number of primary amides is 1. The number of carbonyl (C=O) groups excluding carboxylic acids is 5. The molecule has 4 heterocycles. The molecule has 0 spiro atoms. The van der Waals surface area contributed by atoms with Gasteiger partial charge in [0.25, 0.3) is 0 Å². The molecule has 0 saturated carbocycles. The van der Waals surface area contributed by atoms with E-state index < -0.39 is 24.2 Å². The number of hydrogen-bond acceptors (Lipinski definition) is 13. The second-order valence-electron chi connectivity index (χ2n) is 6.87. The van der Waals surface area contributed by atoms with E-state index in [1.54, 1.807) is 5.43 Å². The van der Waals surface area contributed by atoms with E-state index in [1.807, 2.05) is 5.32 Å². The number of hydrogen-bond donors (Lipinski definition) is 7. The molecule has 19 nitrogen and oxygen atoms in total. The topological polar surface area (TPSA) is 280 Å². The van der Waals surface area contributed by atoms with Gasteiger partial charge in [-0.2, -0.15) is 0 Å². The summed E-state index contributed by atoms with van der Waals surface area (Å²) in [5.41, 5.74) is 6.08. The first-order chi connectivity index (χ1) is 16.0. The maximum absolute atomic E-state index is 11.0. The van der Waals surface area contributed by atoms with Gasteiger partial charge in [0.2, 0.25) is 5.91 Å². The van der Waals surface area contributed by atoms with Crippen molar-refractivity contribution in [2.45, 2.75) is 6.10 Å². The number of hydrazine groups is 4. The zero-order valence-corrected chi connectivity index (χ0v) is 18.4. The predicted molar refractivity (Wildman–Crippen MR) is 112 cm³/mol. The number of nitrogens with two attached hydrogens (primary N) is 5. The van der Waals surface area contributed by atoms with Crippen LogP contribution in [0.25, 0.3) is 0 Å². The fraction of sp³-hybridized carbons (Fsp3) is 0.667. The smallest absolute Gasteiger partial charge is 0.424 e. The minimum atomic E-state index is -0.718. The number of rotatable bonds is 2. The van der Waals surface area contributed by atoms with Crippen LogP contribution >= 0.6 is 0 Å². The number of nitrogens with zero attached hydrogens (tertiary/aromatic N) is 4. The fourth-order valence-corrected chi connectivity index (χ4v) is 2.57. The van der Waals surface area contributed by atoms with Crippen molar-refractivity contribution in [3.05, 3.63) is 0 Å². The van der Waals surface area contributed by atoms with Crippen LogP contribution in [-0.2, 0) is 19.0 Å². The first kappa shape index (κ1) is 28.5. The Labute approximate surface area is 194 Å². The van der Waals surface area contributed by atoms with Crippen LogP contribution in [0.5, 0.6) is 0 Å². The lowest BCUT2D eigenvalue weighted by Gasteiger charge is -2.27. The molecule has 12 N–H and O–H groups in total. The van der Waals surface area contributed by atoms with Gasteiger partial charge in [-0.1, -0.05) is 0 Å². The lowest BCUT2D eigenvalue weighted by molar-refractivity contribution is -0.118. The summed E-state index contributed by atoms with van der Waals surface area (Å²) in [5.74, 6) is 19.5. The van der Waals surface area contributed by atoms with Crippen molar-refractivity contribution in [2.75, 3.05) is 59.1 Å². The molecule has 19 heteroatoms. The maximum atomic E-state index is 11.0. The number of cyclic esters (lactones) is 2. The van der Waals surface area contributed by atoms with E-state index in [-0.39, 0.29) is 18.6 Å². The van der Waals surface area contributed by atoms with Crippen LogP contribution in [0, 0.1) is 0 Å². The van der Waals surface area contributed by atoms with E-state index in [1.165, 1.54) is 0 Å². The Morgan fingerprint density at radius 1 is 0.971 bits per heavy atom. The molecule has 194 valence electrons. The van der Waals surface area contributed by atoms with Crippen molar-refractivity contribution in [3.8, 4) is 0 Å². The lowest BCUT2D eigenvalue weighted by Crippen LogP contribution is -2.42. The second-order valence-corrected chi connectivity index (χ2v) is 6.87. The zero-order chi connectivity index (χ0) is 25.7. The summed E-state index contributed by atoms with van der Waals surface area (Å²) in [6.07, 6.45) is -0.950. The number of ether oxygens (including phenoxy) is 3. The molecule has 0 radical (unpaired) electrons. The van der Waals surface area contributed by atoms with Crippen LogP contribution < -0.4 is 39.8 Å². The first-order valence-electron chi connectivity index (χ1n) is 9.87. The predicted octanol–water partition coefficient (Wildman–Crippen LogP) is -4.73. The molecule has 4 fully saturated rings. The van der Waals surface area contributed by atoms with E-state index in [2.05, 4.69) is 21.2 Å². The number of amides is 7. The van der Waals surface area contributed by atoms with Crippen molar-refractivity contribution in [1.29, 1.82) is 0 Å². The molecule has 0 aliphatic carbocycles. The third kappa shape index (κ3) is 10.9. The Morgan fingerprint density at radius 3 is 1.88 bits per heavy atom. The van der Waals surface area contributed by atoms with Crippen LogP contribution in [0.1, 0.15) is 0 Å². The molecule has 7 amide bonds. The van der Waals surface area contributed by atoms with Gasteiger partial charge in [-0.05, 0) is 0 Å². The van der Waals surface area contributed by atoms with Gasteiger partial charge in [-0.15, -0.1) is 0 Å². The van der Waals surface area contributed by atoms with Gasteiger partial charge in [-0.25, -0.2) is 52.6 Å². The van der Waals surface area contributed by atoms with Crippen molar-refractivity contribution in [1.82, 2.24) is 30.7 Å². The SMILES string of the molecule is NN1CC(=O)NC1=O.NN1CC(CN2CCOCC2)OC1=O.NN1CCOC1=O.NNC(N)=O. The van der Waals surface area contributed by atoms with Gasteiger partial charge in [0.1, 0.15) is 19.3 Å². The highest BCUT2D eigenvalue weighted by molar-refractivity contribution is 6.01. The molecular formula is C15H31N11O8. The van der Waals surface area contributed by atoms with Gasteiger partial charge in [0.15, 0.2) is 0 Å². The molecule has 4 rings (SSSR count). The highest BCUT2D eigenvalue weighted by atomic mass is 16.6. The molecule has 1 atom stereocenters. The number of imide groups is 1. The van der Waals surface area contributed by atoms with E-state index in [0.29, 0.717) is 19.7 Å². The highest BCUT2D eigenvalue weighted by Gasteiger charge is 2.30. The number of urea groups is 2.